The van der Waals surface area contributed by atoms with Gasteiger partial charge in [0.25, 0.3) is 0 Å². The van der Waals surface area contributed by atoms with Crippen LogP contribution in [0, 0.1) is 0 Å². The number of nitrogens with zero attached hydrogens (tertiary/aromatic N) is 3. The van der Waals surface area contributed by atoms with E-state index in [4.69, 9.17) is 10.2 Å². The van der Waals surface area contributed by atoms with Crippen molar-refractivity contribution in [2.24, 2.45) is 0 Å². The van der Waals surface area contributed by atoms with E-state index in [0.29, 0.717) is 0 Å². The first-order valence-electron chi connectivity index (χ1n) is 7.24. The molecule has 0 saturated heterocycles. The molecule has 5 heteroatoms. The highest BCUT2D eigenvalue weighted by Gasteiger charge is 2.37. The molecule has 2 N–H and O–H groups in total. The Morgan fingerprint density at radius 2 is 1.84 bits per heavy atom. The normalized spacial score (nSPS) is 16.4. The fraction of sp³-hybridized carbons (Fsp3) is 0.929. The first kappa shape index (κ1) is 16.2. The molecule has 112 valence electrons. The van der Waals surface area contributed by atoms with Gasteiger partial charge in [-0.25, -0.2) is 0 Å². The Hall–Kier alpha value is -0.810. The molecule has 1 heterocycles. The number of aliphatic hydroxyl groups excluding tert-OH is 2. The Morgan fingerprint density at radius 1 is 1.21 bits per heavy atom. The Kier molecular flexibility index (Phi) is 6.07. The Morgan fingerprint density at radius 3 is 2.37 bits per heavy atom. The monoisotopic (exact) mass is 272 g/mol. The molecule has 0 saturated carbocycles. The van der Waals surface area contributed by atoms with Crippen LogP contribution in [-0.2, 0) is 0 Å². The summed E-state index contributed by atoms with van der Waals surface area (Å²) in [6, 6.07) is 0. The summed E-state index contributed by atoms with van der Waals surface area (Å²) in [5.74, 6) is 1.23. The molecule has 1 aliphatic rings. The Balaban J connectivity index is 2.88. The van der Waals surface area contributed by atoms with Gasteiger partial charge in [-0.15, -0.1) is 0 Å². The van der Waals surface area contributed by atoms with E-state index in [9.17, 15) is 0 Å². The first-order chi connectivity index (χ1) is 8.91. The van der Waals surface area contributed by atoms with Crippen LogP contribution >= 0.6 is 0 Å². The standard InChI is InChI=1S/C14H30N3O2/c1-14(2,3)15(4)13-16(7-5-11-18)9-10-17(13)8-6-12-19/h18-19H,5-12H2,1-4H3/q+1. The third-order valence-corrected chi connectivity index (χ3v) is 3.68. The van der Waals surface area contributed by atoms with Gasteiger partial charge in [0.1, 0.15) is 0 Å². The lowest BCUT2D eigenvalue weighted by Gasteiger charge is -2.31. The lowest BCUT2D eigenvalue weighted by Crippen LogP contribution is -2.51. The van der Waals surface area contributed by atoms with E-state index >= 15 is 0 Å². The van der Waals surface area contributed by atoms with Crippen molar-refractivity contribution in [2.45, 2.75) is 39.2 Å². The van der Waals surface area contributed by atoms with Crippen molar-refractivity contribution in [1.29, 1.82) is 0 Å². The zero-order valence-electron chi connectivity index (χ0n) is 12.9. The van der Waals surface area contributed by atoms with Crippen molar-refractivity contribution < 1.29 is 14.8 Å². The van der Waals surface area contributed by atoms with Crippen LogP contribution in [-0.4, -0.2) is 82.5 Å². The minimum atomic E-state index is 0.0641. The van der Waals surface area contributed by atoms with Crippen LogP contribution in [0.5, 0.6) is 0 Å². The van der Waals surface area contributed by atoms with Gasteiger partial charge in [0.2, 0.25) is 0 Å². The number of aliphatic hydroxyl groups is 2. The minimum absolute atomic E-state index is 0.0641. The lowest BCUT2D eigenvalue weighted by molar-refractivity contribution is -0.524. The molecule has 0 aromatic carbocycles. The van der Waals surface area contributed by atoms with Gasteiger partial charge in [0, 0.05) is 26.1 Å². The Labute approximate surface area is 117 Å². The summed E-state index contributed by atoms with van der Waals surface area (Å²) in [5.41, 5.74) is 0.0641. The zero-order chi connectivity index (χ0) is 14.5. The molecule has 0 bridgehead atoms. The van der Waals surface area contributed by atoms with Gasteiger partial charge < -0.3 is 10.2 Å². The van der Waals surface area contributed by atoms with Crippen LogP contribution in [0.4, 0.5) is 0 Å². The van der Waals surface area contributed by atoms with E-state index in [1.807, 2.05) is 0 Å². The molecule has 0 aromatic heterocycles. The van der Waals surface area contributed by atoms with Gasteiger partial charge in [0.15, 0.2) is 0 Å². The van der Waals surface area contributed by atoms with E-state index in [1.54, 1.807) is 0 Å². The summed E-state index contributed by atoms with van der Waals surface area (Å²) in [4.78, 5) is 4.65. The molecule has 0 spiro atoms. The van der Waals surface area contributed by atoms with Crippen LogP contribution in [0.2, 0.25) is 0 Å². The third kappa shape index (κ3) is 4.35. The third-order valence-electron chi connectivity index (χ3n) is 3.68. The molecule has 0 aliphatic carbocycles. The summed E-state index contributed by atoms with van der Waals surface area (Å²) >= 11 is 0. The molecule has 0 radical (unpaired) electrons. The first-order valence-corrected chi connectivity index (χ1v) is 7.24. The van der Waals surface area contributed by atoms with E-state index in [-0.39, 0.29) is 18.8 Å². The molecule has 0 aromatic rings. The maximum atomic E-state index is 9.02. The fourth-order valence-corrected chi connectivity index (χ4v) is 2.31. The maximum Gasteiger partial charge on any atom is 0.350 e. The highest BCUT2D eigenvalue weighted by molar-refractivity contribution is 5.76. The molecule has 5 nitrogen and oxygen atoms in total. The second kappa shape index (κ2) is 7.10. The lowest BCUT2D eigenvalue weighted by atomic mass is 10.1. The molecule has 19 heavy (non-hydrogen) atoms. The maximum absolute atomic E-state index is 9.02. The predicted octanol–water partition coefficient (Wildman–Crippen LogP) is 0.166. The second-order valence-corrected chi connectivity index (χ2v) is 6.16. The summed E-state index contributed by atoms with van der Waals surface area (Å²) in [5, 5.41) is 18.0. The highest BCUT2D eigenvalue weighted by atomic mass is 16.3. The van der Waals surface area contributed by atoms with Crippen molar-refractivity contribution in [3.63, 3.8) is 0 Å². The average molecular weight is 272 g/mol. The van der Waals surface area contributed by atoms with Crippen LogP contribution in [0.1, 0.15) is 33.6 Å². The quantitative estimate of drug-likeness (QED) is 0.677. The number of guanidine groups is 1. The predicted molar refractivity (Wildman–Crippen MR) is 77.5 cm³/mol. The van der Waals surface area contributed by atoms with Crippen LogP contribution in [0.3, 0.4) is 0 Å². The summed E-state index contributed by atoms with van der Waals surface area (Å²) in [7, 11) is 2.12. The van der Waals surface area contributed by atoms with E-state index in [1.165, 1.54) is 5.96 Å². The molecule has 0 unspecified atom stereocenters. The van der Waals surface area contributed by atoms with Gasteiger partial charge >= 0.3 is 5.96 Å². The molecular formula is C14H30N3O2+. The molecule has 1 rings (SSSR count). The van der Waals surface area contributed by atoms with Crippen molar-refractivity contribution in [1.82, 2.24) is 9.80 Å². The van der Waals surface area contributed by atoms with Crippen molar-refractivity contribution in [3.8, 4) is 0 Å². The number of hydrogen-bond acceptors (Lipinski definition) is 4. The van der Waals surface area contributed by atoms with Gasteiger partial charge in [0.05, 0.1) is 38.8 Å². The zero-order valence-corrected chi connectivity index (χ0v) is 12.9. The topological polar surface area (TPSA) is 50.0 Å². The second-order valence-electron chi connectivity index (χ2n) is 6.16. The van der Waals surface area contributed by atoms with Gasteiger partial charge in [-0.3, -0.25) is 14.4 Å². The van der Waals surface area contributed by atoms with Crippen molar-refractivity contribution >= 4 is 5.96 Å². The van der Waals surface area contributed by atoms with E-state index in [2.05, 4.69) is 42.2 Å². The number of rotatable bonds is 6. The Bertz CT molecular complexity index is 310. The van der Waals surface area contributed by atoms with Crippen LogP contribution in [0.25, 0.3) is 0 Å². The molecule has 1 aliphatic heterocycles. The summed E-state index contributed by atoms with van der Waals surface area (Å²) in [6.07, 6.45) is 1.60. The summed E-state index contributed by atoms with van der Waals surface area (Å²) < 4.78 is 2.35. The van der Waals surface area contributed by atoms with Gasteiger partial charge in [-0.05, 0) is 20.8 Å². The average Bonchev–Trinajstić information content (AvgIpc) is 2.74. The smallest absolute Gasteiger partial charge is 0.350 e. The van der Waals surface area contributed by atoms with Crippen LogP contribution < -0.4 is 0 Å². The van der Waals surface area contributed by atoms with Crippen molar-refractivity contribution in [2.75, 3.05) is 46.4 Å². The minimum Gasteiger partial charge on any atom is -0.396 e. The SMILES string of the molecule is CN(C1=[N+](CCCO)CCN1CCCO)C(C)(C)C. The molecule has 0 atom stereocenters. The van der Waals surface area contributed by atoms with E-state index < -0.39 is 0 Å². The number of hydrogen-bond donors (Lipinski definition) is 2. The molecule has 0 fully saturated rings. The van der Waals surface area contributed by atoms with Gasteiger partial charge in [-0.2, -0.15) is 0 Å². The van der Waals surface area contributed by atoms with Crippen molar-refractivity contribution in [3.05, 3.63) is 0 Å². The molecule has 0 amide bonds. The molecular weight excluding hydrogens is 242 g/mol. The highest BCUT2D eigenvalue weighted by Crippen LogP contribution is 2.16. The van der Waals surface area contributed by atoms with Gasteiger partial charge in [-0.1, -0.05) is 0 Å². The van der Waals surface area contributed by atoms with Crippen LogP contribution in [0.15, 0.2) is 0 Å². The van der Waals surface area contributed by atoms with E-state index in [0.717, 1.165) is 39.0 Å². The fourth-order valence-electron chi connectivity index (χ4n) is 2.31. The largest absolute Gasteiger partial charge is 0.396 e. The summed E-state index contributed by atoms with van der Waals surface area (Å²) in [6.45, 7) is 10.9.